The molecule has 9 heteroatoms. The van der Waals surface area contributed by atoms with Crippen LogP contribution < -0.4 is 5.32 Å². The second-order valence-corrected chi connectivity index (χ2v) is 6.04. The summed E-state index contributed by atoms with van der Waals surface area (Å²) < 4.78 is 7.85. The third-order valence-corrected chi connectivity index (χ3v) is 4.26. The molecule has 0 bridgehead atoms. The molecule has 1 heterocycles. The summed E-state index contributed by atoms with van der Waals surface area (Å²) in [6, 6.07) is -0.591. The SMILES string of the molecule is CCOC(=O)[C@H](CCN1CCC(SN=O)CC1)NC(C)=O.Cl. The van der Waals surface area contributed by atoms with Gasteiger partial charge in [0.15, 0.2) is 0 Å². The van der Waals surface area contributed by atoms with Gasteiger partial charge >= 0.3 is 5.97 Å². The molecule has 1 atom stereocenters. The summed E-state index contributed by atoms with van der Waals surface area (Å²) in [7, 11) is 0. The summed E-state index contributed by atoms with van der Waals surface area (Å²) in [6.07, 6.45) is 2.36. The zero-order valence-corrected chi connectivity index (χ0v) is 14.6. The Balaban J connectivity index is 0.00000441. The lowest BCUT2D eigenvalue weighted by atomic mass is 10.1. The minimum Gasteiger partial charge on any atom is -0.464 e. The van der Waals surface area contributed by atoms with Gasteiger partial charge in [0.2, 0.25) is 5.91 Å². The summed E-state index contributed by atoms with van der Waals surface area (Å²) >= 11 is 1.11. The average Bonchev–Trinajstić information content (AvgIpc) is 2.45. The number of rotatable bonds is 8. The Labute approximate surface area is 141 Å². The van der Waals surface area contributed by atoms with Gasteiger partial charge in [0.25, 0.3) is 0 Å². The van der Waals surface area contributed by atoms with Crippen molar-refractivity contribution < 1.29 is 14.3 Å². The largest absolute Gasteiger partial charge is 0.464 e. The number of amides is 1. The standard InChI is InChI=1S/C13H23N3O4S.ClH/c1-3-20-13(18)12(14-10(2)17)6-9-16-7-4-11(5-8-16)21-15-19;/h11-12H,3-9H2,1-2H3,(H,14,17);1H/t12-;/m0./s1. The Morgan fingerprint density at radius 3 is 2.55 bits per heavy atom. The number of hydrogen-bond donors (Lipinski definition) is 1. The first kappa shape index (κ1) is 21.1. The minimum atomic E-state index is -0.591. The smallest absolute Gasteiger partial charge is 0.328 e. The summed E-state index contributed by atoms with van der Waals surface area (Å²) in [5.41, 5.74) is 0. The maximum absolute atomic E-state index is 11.8. The lowest BCUT2D eigenvalue weighted by Gasteiger charge is -2.31. The molecule has 0 aromatic carbocycles. The van der Waals surface area contributed by atoms with Gasteiger partial charge in [0.1, 0.15) is 6.04 Å². The van der Waals surface area contributed by atoms with E-state index in [1.807, 2.05) is 0 Å². The van der Waals surface area contributed by atoms with E-state index in [4.69, 9.17) is 4.74 Å². The molecule has 1 N–H and O–H groups in total. The number of nitroso groups, excluding NO2 is 1. The zero-order chi connectivity index (χ0) is 15.7. The van der Waals surface area contributed by atoms with Gasteiger partial charge in [-0.1, -0.05) is 0 Å². The highest BCUT2D eigenvalue weighted by Crippen LogP contribution is 2.23. The monoisotopic (exact) mass is 353 g/mol. The first-order valence-electron chi connectivity index (χ1n) is 7.21. The number of hydrogen-bond acceptors (Lipinski definition) is 7. The molecule has 0 aromatic rings. The third-order valence-electron chi connectivity index (χ3n) is 3.41. The number of carbonyl (C=O) groups excluding carboxylic acids is 2. The fraction of sp³-hybridized carbons (Fsp3) is 0.846. The van der Waals surface area contributed by atoms with Crippen molar-refractivity contribution in [2.24, 2.45) is 4.58 Å². The van der Waals surface area contributed by atoms with Crippen molar-refractivity contribution in [1.29, 1.82) is 0 Å². The van der Waals surface area contributed by atoms with E-state index in [9.17, 15) is 14.5 Å². The van der Waals surface area contributed by atoms with Crippen molar-refractivity contribution in [2.75, 3.05) is 26.2 Å². The molecule has 1 rings (SSSR count). The van der Waals surface area contributed by atoms with Crippen molar-refractivity contribution in [3.8, 4) is 0 Å². The molecule has 0 radical (unpaired) electrons. The highest BCUT2D eigenvalue weighted by molar-refractivity contribution is 7.98. The summed E-state index contributed by atoms with van der Waals surface area (Å²) in [5.74, 6) is -0.622. The highest BCUT2D eigenvalue weighted by Gasteiger charge is 2.24. The Morgan fingerprint density at radius 2 is 2.05 bits per heavy atom. The van der Waals surface area contributed by atoms with Crippen LogP contribution in [0.25, 0.3) is 0 Å². The van der Waals surface area contributed by atoms with Crippen LogP contribution in [0.15, 0.2) is 4.58 Å². The zero-order valence-electron chi connectivity index (χ0n) is 12.9. The van der Waals surface area contributed by atoms with Crippen molar-refractivity contribution >= 4 is 36.2 Å². The van der Waals surface area contributed by atoms with E-state index in [1.54, 1.807) is 6.92 Å². The fourth-order valence-corrected chi connectivity index (χ4v) is 2.89. The molecule has 128 valence electrons. The van der Waals surface area contributed by atoms with E-state index >= 15 is 0 Å². The molecule has 0 spiro atoms. The van der Waals surface area contributed by atoms with Crippen molar-refractivity contribution in [3.63, 3.8) is 0 Å². The maximum Gasteiger partial charge on any atom is 0.328 e. The average molecular weight is 354 g/mol. The maximum atomic E-state index is 11.8. The van der Waals surface area contributed by atoms with Crippen LogP contribution in [-0.2, 0) is 14.3 Å². The van der Waals surface area contributed by atoms with Gasteiger partial charge < -0.3 is 15.0 Å². The number of nitrogens with one attached hydrogen (secondary N) is 1. The van der Waals surface area contributed by atoms with Crippen LogP contribution in [0.4, 0.5) is 0 Å². The van der Waals surface area contributed by atoms with E-state index in [2.05, 4.69) is 14.8 Å². The molecular weight excluding hydrogens is 330 g/mol. The Hall–Kier alpha value is -0.860. The topological polar surface area (TPSA) is 88.1 Å². The van der Waals surface area contributed by atoms with Crippen molar-refractivity contribution in [1.82, 2.24) is 10.2 Å². The Bertz CT molecular complexity index is 365. The molecule has 1 fully saturated rings. The highest BCUT2D eigenvalue weighted by atomic mass is 35.5. The Kier molecular flexibility index (Phi) is 11.2. The Morgan fingerprint density at radius 1 is 1.41 bits per heavy atom. The fourth-order valence-electron chi connectivity index (χ4n) is 2.35. The van der Waals surface area contributed by atoms with E-state index in [-0.39, 0.29) is 24.3 Å². The molecule has 1 aliphatic heterocycles. The molecule has 0 aromatic heterocycles. The van der Waals surface area contributed by atoms with E-state index < -0.39 is 6.04 Å². The predicted molar refractivity (Wildman–Crippen MR) is 89.0 cm³/mol. The predicted octanol–water partition coefficient (Wildman–Crippen LogP) is 1.75. The van der Waals surface area contributed by atoms with Gasteiger partial charge in [0.05, 0.1) is 6.61 Å². The molecule has 1 saturated heterocycles. The molecule has 7 nitrogen and oxygen atoms in total. The van der Waals surface area contributed by atoms with E-state index in [0.29, 0.717) is 18.3 Å². The van der Waals surface area contributed by atoms with E-state index in [0.717, 1.165) is 44.4 Å². The lowest BCUT2D eigenvalue weighted by molar-refractivity contribution is -0.147. The first-order chi connectivity index (χ1) is 10.1. The van der Waals surface area contributed by atoms with Gasteiger partial charge in [-0.15, -0.1) is 17.3 Å². The molecule has 1 amide bonds. The van der Waals surface area contributed by atoms with Crippen LogP contribution in [0.3, 0.4) is 0 Å². The number of likely N-dealkylation sites (tertiary alicyclic amines) is 1. The molecule has 0 saturated carbocycles. The second kappa shape index (κ2) is 11.7. The summed E-state index contributed by atoms with van der Waals surface area (Å²) in [4.78, 5) is 35.4. The van der Waals surface area contributed by atoms with Crippen LogP contribution >= 0.6 is 24.4 Å². The van der Waals surface area contributed by atoms with Crippen LogP contribution in [-0.4, -0.2) is 54.3 Å². The summed E-state index contributed by atoms with van der Waals surface area (Å²) in [5, 5.41) is 2.93. The molecule has 22 heavy (non-hydrogen) atoms. The number of piperidine rings is 1. The number of nitrogens with zero attached hydrogens (tertiary/aromatic N) is 2. The van der Waals surface area contributed by atoms with Crippen LogP contribution in [0.2, 0.25) is 0 Å². The van der Waals surface area contributed by atoms with Crippen LogP contribution in [0.5, 0.6) is 0 Å². The molecule has 0 unspecified atom stereocenters. The third kappa shape index (κ3) is 7.95. The lowest BCUT2D eigenvalue weighted by Crippen LogP contribution is -2.44. The number of esters is 1. The first-order valence-corrected chi connectivity index (χ1v) is 8.05. The van der Waals surface area contributed by atoms with E-state index in [1.165, 1.54) is 6.92 Å². The van der Waals surface area contributed by atoms with Crippen LogP contribution in [0, 0.1) is 4.91 Å². The molecule has 1 aliphatic rings. The van der Waals surface area contributed by atoms with Gasteiger partial charge in [0, 0.05) is 35.2 Å². The summed E-state index contributed by atoms with van der Waals surface area (Å²) in [6.45, 7) is 5.91. The van der Waals surface area contributed by atoms with Crippen molar-refractivity contribution in [2.45, 2.75) is 44.4 Å². The van der Waals surface area contributed by atoms with Gasteiger partial charge in [-0.2, -0.15) is 0 Å². The molecular formula is C13H24ClN3O4S. The number of ether oxygens (including phenoxy) is 1. The normalized spacial score (nSPS) is 17.2. The van der Waals surface area contributed by atoms with Crippen molar-refractivity contribution in [3.05, 3.63) is 4.91 Å². The minimum absolute atomic E-state index is 0. The second-order valence-electron chi connectivity index (χ2n) is 5.01. The quantitative estimate of drug-likeness (QED) is 0.406. The van der Waals surface area contributed by atoms with Crippen LogP contribution in [0.1, 0.15) is 33.1 Å². The molecule has 0 aliphatic carbocycles. The number of carbonyl (C=O) groups is 2. The number of halogens is 1. The van der Waals surface area contributed by atoms with Gasteiger partial charge in [-0.25, -0.2) is 4.79 Å². The van der Waals surface area contributed by atoms with Gasteiger partial charge in [-0.3, -0.25) is 4.79 Å². The van der Waals surface area contributed by atoms with Gasteiger partial charge in [-0.05, 0) is 39.3 Å².